The molecule has 26 heavy (non-hydrogen) atoms. The molecule has 0 aliphatic heterocycles. The van der Waals surface area contributed by atoms with Gasteiger partial charge in [0.1, 0.15) is 18.1 Å². The van der Waals surface area contributed by atoms with Gasteiger partial charge in [-0.2, -0.15) is 13.2 Å². The molecule has 2 N–H and O–H groups in total. The van der Waals surface area contributed by atoms with Gasteiger partial charge in [0.05, 0.1) is 19.4 Å². The van der Waals surface area contributed by atoms with Crippen LogP contribution in [0.3, 0.4) is 0 Å². The van der Waals surface area contributed by atoms with Gasteiger partial charge >= 0.3 is 12.2 Å². The van der Waals surface area contributed by atoms with Crippen LogP contribution in [0.2, 0.25) is 0 Å². The van der Waals surface area contributed by atoms with Crippen molar-refractivity contribution in [2.45, 2.75) is 6.18 Å². The third-order valence-corrected chi connectivity index (χ3v) is 3.75. The number of methoxy groups -OCH3 is 2. The monoisotopic (exact) mass is 392 g/mol. The average molecular weight is 392 g/mol. The predicted octanol–water partition coefficient (Wildman–Crippen LogP) is 3.23. The number of rotatable bonds is 7. The van der Waals surface area contributed by atoms with Crippen molar-refractivity contribution in [1.29, 1.82) is 0 Å². The Bertz CT molecular complexity index is 754. The molecule has 2 aromatic rings. The van der Waals surface area contributed by atoms with Crippen LogP contribution in [0, 0.1) is 0 Å². The fraction of sp³-hybridized carbons (Fsp3) is 0.357. The van der Waals surface area contributed by atoms with Crippen LogP contribution in [0.4, 0.5) is 28.8 Å². The Kier molecular flexibility index (Phi) is 6.58. The molecule has 0 unspecified atom stereocenters. The summed E-state index contributed by atoms with van der Waals surface area (Å²) in [6.07, 6.45) is -4.62. The first-order chi connectivity index (χ1) is 12.3. The van der Waals surface area contributed by atoms with Crippen LogP contribution < -0.4 is 20.1 Å². The first kappa shape index (κ1) is 19.7. The Morgan fingerprint density at radius 3 is 2.58 bits per heavy atom. The molecule has 1 heterocycles. The summed E-state index contributed by atoms with van der Waals surface area (Å²) in [6.45, 7) is 0.748. The molecule has 0 saturated carbocycles. The van der Waals surface area contributed by atoms with E-state index >= 15 is 0 Å². The highest BCUT2D eigenvalue weighted by atomic mass is 32.1. The number of alkyl halides is 3. The van der Waals surface area contributed by atoms with E-state index < -0.39 is 17.2 Å². The average Bonchev–Trinajstić information content (AvgIpc) is 3.05. The lowest BCUT2D eigenvalue weighted by molar-refractivity contribution is -0.138. The predicted molar refractivity (Wildman–Crippen MR) is 87.9 cm³/mol. The minimum Gasteiger partial charge on any atom is -0.494 e. The van der Waals surface area contributed by atoms with E-state index in [4.69, 9.17) is 14.2 Å². The Hall–Kier alpha value is -2.60. The summed E-state index contributed by atoms with van der Waals surface area (Å²) in [6, 6.07) is 3.89. The van der Waals surface area contributed by atoms with Crippen molar-refractivity contribution in [1.82, 2.24) is 10.2 Å². The van der Waals surface area contributed by atoms with E-state index in [0.717, 1.165) is 0 Å². The van der Waals surface area contributed by atoms with E-state index in [9.17, 15) is 18.0 Å². The molecule has 0 radical (unpaired) electrons. The molecule has 0 aliphatic carbocycles. The molecule has 0 atom stereocenters. The molecule has 0 bridgehead atoms. The number of aromatic nitrogens is 2. The summed E-state index contributed by atoms with van der Waals surface area (Å²) in [7, 11) is 2.95. The summed E-state index contributed by atoms with van der Waals surface area (Å²) < 4.78 is 52.9. The Balaban J connectivity index is 2.00. The van der Waals surface area contributed by atoms with Crippen molar-refractivity contribution >= 4 is 28.2 Å². The third-order valence-electron chi connectivity index (χ3n) is 2.87. The molecule has 2 amide bonds. The van der Waals surface area contributed by atoms with Crippen LogP contribution in [0.15, 0.2) is 18.2 Å². The van der Waals surface area contributed by atoms with Gasteiger partial charge in [-0.15, -0.1) is 10.2 Å². The first-order valence-electron chi connectivity index (χ1n) is 7.12. The number of nitrogens with zero attached hydrogens (tertiary/aromatic N) is 2. The fourth-order valence-corrected chi connectivity index (χ4v) is 2.35. The van der Waals surface area contributed by atoms with Gasteiger partial charge in [0.15, 0.2) is 0 Å². The molecule has 0 saturated heterocycles. The standard InChI is InChI=1S/C14H15F3N4O4S/c1-23-5-6-25-8-3-4-9(10(7-8)24-2)18-12(22)19-13-21-20-11(26-13)14(15,16)17/h3-4,7H,5-6H2,1-2H3,(H2,18,19,21,22). The second-order valence-corrected chi connectivity index (χ2v) is 5.67. The summed E-state index contributed by atoms with van der Waals surface area (Å²) in [5, 5.41) is 9.46. The molecular weight excluding hydrogens is 377 g/mol. The number of ether oxygens (including phenoxy) is 3. The summed E-state index contributed by atoms with van der Waals surface area (Å²) in [5.74, 6) is 0.812. The topological polar surface area (TPSA) is 94.6 Å². The van der Waals surface area contributed by atoms with E-state index in [1.54, 1.807) is 19.2 Å². The Morgan fingerprint density at radius 1 is 1.19 bits per heavy atom. The summed E-state index contributed by atoms with van der Waals surface area (Å²) in [4.78, 5) is 11.9. The molecular formula is C14H15F3N4O4S. The van der Waals surface area contributed by atoms with E-state index in [0.29, 0.717) is 30.4 Å². The number of urea groups is 1. The van der Waals surface area contributed by atoms with Crippen LogP contribution in [0.5, 0.6) is 11.5 Å². The highest BCUT2D eigenvalue weighted by Gasteiger charge is 2.35. The highest BCUT2D eigenvalue weighted by molar-refractivity contribution is 7.15. The molecule has 142 valence electrons. The minimum atomic E-state index is -4.62. The molecule has 8 nitrogen and oxygen atoms in total. The second-order valence-electron chi connectivity index (χ2n) is 4.69. The van der Waals surface area contributed by atoms with Gasteiger partial charge in [0.2, 0.25) is 10.1 Å². The first-order valence-corrected chi connectivity index (χ1v) is 7.93. The zero-order valence-corrected chi connectivity index (χ0v) is 14.5. The number of carbonyl (C=O) groups excluding carboxylic acids is 1. The number of amides is 2. The fourth-order valence-electron chi connectivity index (χ4n) is 1.75. The van der Waals surface area contributed by atoms with Gasteiger partial charge in [-0.3, -0.25) is 5.32 Å². The van der Waals surface area contributed by atoms with Crippen molar-refractivity contribution in [2.24, 2.45) is 0 Å². The van der Waals surface area contributed by atoms with Crippen LogP contribution in [0.1, 0.15) is 5.01 Å². The lowest BCUT2D eigenvalue weighted by atomic mass is 10.2. The van der Waals surface area contributed by atoms with Crippen molar-refractivity contribution in [3.63, 3.8) is 0 Å². The highest BCUT2D eigenvalue weighted by Crippen LogP contribution is 2.33. The lowest BCUT2D eigenvalue weighted by Crippen LogP contribution is -2.19. The smallest absolute Gasteiger partial charge is 0.445 e. The van der Waals surface area contributed by atoms with E-state index in [-0.39, 0.29) is 16.5 Å². The van der Waals surface area contributed by atoms with Gasteiger partial charge in [-0.05, 0) is 12.1 Å². The largest absolute Gasteiger partial charge is 0.494 e. The van der Waals surface area contributed by atoms with Crippen LogP contribution in [0.25, 0.3) is 0 Å². The molecule has 12 heteroatoms. The Morgan fingerprint density at radius 2 is 1.96 bits per heavy atom. The molecule has 0 aliphatic rings. The number of carbonyl (C=O) groups is 1. The normalized spacial score (nSPS) is 11.1. The SMILES string of the molecule is COCCOc1ccc(NC(=O)Nc2nnc(C(F)(F)F)s2)c(OC)c1. The molecule has 2 rings (SSSR count). The molecule has 1 aromatic carbocycles. The number of hydrogen-bond acceptors (Lipinski definition) is 7. The maximum Gasteiger partial charge on any atom is 0.445 e. The Labute approximate surface area is 150 Å². The van der Waals surface area contributed by atoms with Gasteiger partial charge < -0.3 is 19.5 Å². The van der Waals surface area contributed by atoms with Crippen LogP contribution >= 0.6 is 11.3 Å². The third kappa shape index (κ3) is 5.46. The van der Waals surface area contributed by atoms with Gasteiger partial charge in [-0.25, -0.2) is 4.79 Å². The molecule has 0 fully saturated rings. The van der Waals surface area contributed by atoms with Gasteiger partial charge in [0, 0.05) is 13.2 Å². The molecule has 1 aromatic heterocycles. The van der Waals surface area contributed by atoms with Crippen LogP contribution in [-0.4, -0.2) is 43.7 Å². The number of nitrogens with one attached hydrogen (secondary N) is 2. The van der Waals surface area contributed by atoms with Crippen molar-refractivity contribution in [3.05, 3.63) is 23.2 Å². The maximum absolute atomic E-state index is 12.5. The summed E-state index contributed by atoms with van der Waals surface area (Å²) >= 11 is 0.220. The lowest BCUT2D eigenvalue weighted by Gasteiger charge is -2.12. The number of benzene rings is 1. The quantitative estimate of drug-likeness (QED) is 0.703. The van der Waals surface area contributed by atoms with Crippen molar-refractivity contribution in [2.75, 3.05) is 38.1 Å². The molecule has 0 spiro atoms. The van der Waals surface area contributed by atoms with E-state index in [1.165, 1.54) is 13.2 Å². The number of anilines is 2. The van der Waals surface area contributed by atoms with Crippen LogP contribution in [-0.2, 0) is 10.9 Å². The number of halogens is 3. The van der Waals surface area contributed by atoms with Gasteiger partial charge in [-0.1, -0.05) is 11.3 Å². The second kappa shape index (κ2) is 8.67. The van der Waals surface area contributed by atoms with Gasteiger partial charge in [0.25, 0.3) is 0 Å². The van der Waals surface area contributed by atoms with E-state index in [1.807, 2.05) is 0 Å². The van der Waals surface area contributed by atoms with E-state index in [2.05, 4.69) is 20.8 Å². The minimum absolute atomic E-state index is 0.220. The zero-order valence-electron chi connectivity index (χ0n) is 13.7. The number of hydrogen-bond donors (Lipinski definition) is 2. The zero-order chi connectivity index (χ0) is 19.2. The van der Waals surface area contributed by atoms with Crippen molar-refractivity contribution in [3.8, 4) is 11.5 Å². The summed E-state index contributed by atoms with van der Waals surface area (Å²) in [5.41, 5.74) is 0.296. The maximum atomic E-state index is 12.5. The van der Waals surface area contributed by atoms with Crippen molar-refractivity contribution < 1.29 is 32.2 Å².